The number of esters is 1. The zero-order valence-corrected chi connectivity index (χ0v) is 19.3. The lowest BCUT2D eigenvalue weighted by Crippen LogP contribution is -2.36. The molecule has 0 saturated carbocycles. The number of Topliss-reactive ketones (excluding diaryl/α,β-unsaturated/α-hetero) is 1. The molecule has 2 N–H and O–H groups in total. The standard InChI is InChI=1S/C24H23N5O6/c1-4-35-23(32)20(19-13-25-17-7-5-6-8-18(17)27-19)21(28-29-24(33)34-3)22(31)26-16-11-9-15(10-12-16)14(2)30/h5-13,20H,4H2,1-3H3,(H,26,31)(H,29,33)/b28-21+/t20-/m0/s1. The van der Waals surface area contributed by atoms with Gasteiger partial charge in [-0.15, -0.1) is 0 Å². The van der Waals surface area contributed by atoms with Crippen molar-refractivity contribution in [1.82, 2.24) is 15.4 Å². The van der Waals surface area contributed by atoms with E-state index in [1.165, 1.54) is 25.3 Å². The van der Waals surface area contributed by atoms with Gasteiger partial charge in [-0.3, -0.25) is 19.4 Å². The second-order valence-corrected chi connectivity index (χ2v) is 7.16. The largest absolute Gasteiger partial charge is 0.465 e. The van der Waals surface area contributed by atoms with Crippen molar-refractivity contribution < 1.29 is 28.7 Å². The van der Waals surface area contributed by atoms with Crippen LogP contribution in [0.5, 0.6) is 0 Å². The van der Waals surface area contributed by atoms with E-state index in [0.717, 1.165) is 7.11 Å². The van der Waals surface area contributed by atoms with Crippen LogP contribution in [-0.2, 0) is 19.1 Å². The van der Waals surface area contributed by atoms with Crippen molar-refractivity contribution in [3.8, 4) is 0 Å². The lowest BCUT2D eigenvalue weighted by molar-refractivity contribution is -0.143. The van der Waals surface area contributed by atoms with Crippen LogP contribution in [0.1, 0.15) is 35.8 Å². The summed E-state index contributed by atoms with van der Waals surface area (Å²) in [5, 5.41) is 6.46. The Labute approximate surface area is 200 Å². The number of aromatic nitrogens is 2. The third-order valence-corrected chi connectivity index (χ3v) is 4.79. The van der Waals surface area contributed by atoms with Gasteiger partial charge in [-0.1, -0.05) is 12.1 Å². The average Bonchev–Trinajstić information content (AvgIpc) is 2.86. The molecule has 0 aliphatic rings. The number of nitrogens with one attached hydrogen (secondary N) is 2. The Kier molecular flexibility index (Phi) is 8.17. The van der Waals surface area contributed by atoms with E-state index in [-0.39, 0.29) is 18.1 Å². The van der Waals surface area contributed by atoms with Crippen molar-refractivity contribution in [3.05, 3.63) is 66.0 Å². The molecular weight excluding hydrogens is 454 g/mol. The number of ketones is 1. The Bertz CT molecular complexity index is 1290. The van der Waals surface area contributed by atoms with E-state index in [1.54, 1.807) is 43.3 Å². The molecule has 1 heterocycles. The molecular formula is C24H23N5O6. The van der Waals surface area contributed by atoms with Crippen LogP contribution >= 0.6 is 0 Å². The normalized spacial score (nSPS) is 11.9. The van der Waals surface area contributed by atoms with Crippen LogP contribution < -0.4 is 10.7 Å². The smallest absolute Gasteiger partial charge is 0.427 e. The van der Waals surface area contributed by atoms with Gasteiger partial charge < -0.3 is 14.8 Å². The number of hydrogen-bond acceptors (Lipinski definition) is 9. The summed E-state index contributed by atoms with van der Waals surface area (Å²) in [7, 11) is 1.12. The van der Waals surface area contributed by atoms with Gasteiger partial charge >= 0.3 is 12.1 Å². The van der Waals surface area contributed by atoms with Crippen LogP contribution in [0.4, 0.5) is 10.5 Å². The van der Waals surface area contributed by atoms with Gasteiger partial charge in [0.15, 0.2) is 5.78 Å². The summed E-state index contributed by atoms with van der Waals surface area (Å²) in [5.41, 5.74) is 3.62. The summed E-state index contributed by atoms with van der Waals surface area (Å²) in [5.74, 6) is -3.18. The molecule has 3 rings (SSSR count). The molecule has 180 valence electrons. The molecule has 11 heteroatoms. The molecule has 35 heavy (non-hydrogen) atoms. The average molecular weight is 477 g/mol. The maximum absolute atomic E-state index is 13.3. The van der Waals surface area contributed by atoms with Crippen LogP contribution in [0.3, 0.4) is 0 Å². The van der Waals surface area contributed by atoms with Crippen LogP contribution in [0, 0.1) is 0 Å². The van der Waals surface area contributed by atoms with Crippen molar-refractivity contribution in [2.75, 3.05) is 19.0 Å². The fraction of sp³-hybridized carbons (Fsp3) is 0.208. The minimum atomic E-state index is -1.42. The summed E-state index contributed by atoms with van der Waals surface area (Å²) in [6, 6.07) is 13.1. The number of carbonyl (C=O) groups excluding carboxylic acids is 4. The molecule has 0 fully saturated rings. The fourth-order valence-corrected chi connectivity index (χ4v) is 3.09. The van der Waals surface area contributed by atoms with Crippen LogP contribution in [0.15, 0.2) is 59.8 Å². The monoisotopic (exact) mass is 477 g/mol. The summed E-state index contributed by atoms with van der Waals surface area (Å²) in [6.07, 6.45) is 0.389. The Hall–Kier alpha value is -4.67. The molecule has 0 aliphatic heterocycles. The van der Waals surface area contributed by atoms with Gasteiger partial charge in [-0.25, -0.2) is 15.2 Å². The topological polar surface area (TPSA) is 149 Å². The van der Waals surface area contributed by atoms with Gasteiger partial charge in [0.2, 0.25) is 0 Å². The molecule has 0 radical (unpaired) electrons. The van der Waals surface area contributed by atoms with Gasteiger partial charge in [0.1, 0.15) is 11.6 Å². The number of methoxy groups -OCH3 is 1. The molecule has 11 nitrogen and oxygen atoms in total. The predicted molar refractivity (Wildman–Crippen MR) is 127 cm³/mol. The van der Waals surface area contributed by atoms with E-state index in [0.29, 0.717) is 22.3 Å². The zero-order chi connectivity index (χ0) is 25.4. The minimum Gasteiger partial charge on any atom is -0.465 e. The highest BCUT2D eigenvalue weighted by Gasteiger charge is 2.35. The summed E-state index contributed by atoms with van der Waals surface area (Å²) < 4.78 is 9.70. The third-order valence-electron chi connectivity index (χ3n) is 4.79. The number of rotatable bonds is 8. The lowest BCUT2D eigenvalue weighted by atomic mass is 9.98. The SMILES string of the molecule is CCOC(=O)[C@H](/C(=N\NC(=O)OC)C(=O)Nc1ccc(C(C)=O)cc1)c1cnc2ccccc2n1. The van der Waals surface area contributed by atoms with E-state index in [2.05, 4.69) is 30.5 Å². The van der Waals surface area contributed by atoms with Crippen molar-refractivity contribution in [1.29, 1.82) is 0 Å². The van der Waals surface area contributed by atoms with Gasteiger partial charge in [0.05, 0.1) is 36.6 Å². The maximum Gasteiger partial charge on any atom is 0.427 e. The van der Waals surface area contributed by atoms with E-state index >= 15 is 0 Å². The Morgan fingerprint density at radius 3 is 2.34 bits per heavy atom. The molecule has 2 amide bonds. The minimum absolute atomic E-state index is 0.0299. The Morgan fingerprint density at radius 2 is 1.71 bits per heavy atom. The van der Waals surface area contributed by atoms with Crippen LogP contribution in [0.25, 0.3) is 11.0 Å². The van der Waals surface area contributed by atoms with Gasteiger partial charge in [-0.05, 0) is 50.2 Å². The molecule has 1 atom stereocenters. The van der Waals surface area contributed by atoms with E-state index < -0.39 is 29.6 Å². The second-order valence-electron chi connectivity index (χ2n) is 7.16. The first-order valence-corrected chi connectivity index (χ1v) is 10.6. The third kappa shape index (κ3) is 6.22. The number of benzene rings is 2. The van der Waals surface area contributed by atoms with Gasteiger partial charge in [-0.2, -0.15) is 5.10 Å². The maximum atomic E-state index is 13.3. The lowest BCUT2D eigenvalue weighted by Gasteiger charge is -2.17. The molecule has 3 aromatic rings. The summed E-state index contributed by atoms with van der Waals surface area (Å²) in [6.45, 7) is 3.06. The van der Waals surface area contributed by atoms with E-state index in [1.807, 2.05) is 0 Å². The molecule has 1 aromatic heterocycles. The number of anilines is 1. The number of fused-ring (bicyclic) bond motifs is 1. The first-order chi connectivity index (χ1) is 16.8. The predicted octanol–water partition coefficient (Wildman–Crippen LogP) is 2.83. The highest BCUT2D eigenvalue weighted by atomic mass is 16.5. The van der Waals surface area contributed by atoms with E-state index in [4.69, 9.17) is 4.74 Å². The Balaban J connectivity index is 2.05. The van der Waals surface area contributed by atoms with Crippen molar-refractivity contribution >= 4 is 46.2 Å². The van der Waals surface area contributed by atoms with Crippen LogP contribution in [-0.4, -0.2) is 53.1 Å². The number of amides is 2. The molecule has 2 aromatic carbocycles. The quantitative estimate of drug-likeness (QED) is 0.218. The molecule has 0 saturated heterocycles. The first-order valence-electron chi connectivity index (χ1n) is 10.6. The Morgan fingerprint density at radius 1 is 1.03 bits per heavy atom. The summed E-state index contributed by atoms with van der Waals surface area (Å²) in [4.78, 5) is 58.2. The highest BCUT2D eigenvalue weighted by molar-refractivity contribution is 6.48. The molecule has 0 aliphatic carbocycles. The summed E-state index contributed by atoms with van der Waals surface area (Å²) >= 11 is 0. The van der Waals surface area contributed by atoms with Gasteiger partial charge in [0.25, 0.3) is 5.91 Å². The number of nitrogens with zero attached hydrogens (tertiary/aromatic N) is 3. The van der Waals surface area contributed by atoms with E-state index in [9.17, 15) is 19.2 Å². The molecule has 0 bridgehead atoms. The van der Waals surface area contributed by atoms with Crippen molar-refractivity contribution in [2.45, 2.75) is 19.8 Å². The number of hydrazone groups is 1. The zero-order valence-electron chi connectivity index (χ0n) is 19.3. The number of carbonyl (C=O) groups is 4. The fourth-order valence-electron chi connectivity index (χ4n) is 3.09. The highest BCUT2D eigenvalue weighted by Crippen LogP contribution is 2.21. The molecule has 0 unspecified atom stereocenters. The first kappa shape index (κ1) is 25.0. The number of hydrogen-bond donors (Lipinski definition) is 2. The van der Waals surface area contributed by atoms with Crippen LogP contribution in [0.2, 0.25) is 0 Å². The van der Waals surface area contributed by atoms with Gasteiger partial charge in [0, 0.05) is 11.3 Å². The van der Waals surface area contributed by atoms with Crippen molar-refractivity contribution in [2.24, 2.45) is 5.10 Å². The molecule has 0 spiro atoms. The second kappa shape index (κ2) is 11.5. The number of para-hydroxylation sites is 2. The van der Waals surface area contributed by atoms with Crippen molar-refractivity contribution in [3.63, 3.8) is 0 Å². The number of ether oxygens (including phenoxy) is 2.